The molecule has 0 radical (unpaired) electrons. The number of nitrogens with two attached hydrogens (primary N) is 1. The number of halogens is 1. The summed E-state index contributed by atoms with van der Waals surface area (Å²) < 4.78 is 26.4. The molecule has 1 amide bonds. The average Bonchev–Trinajstić information content (AvgIpc) is 2.84. The molecule has 1 atom stereocenters. The van der Waals surface area contributed by atoms with Crippen molar-refractivity contribution < 1.29 is 13.2 Å². The van der Waals surface area contributed by atoms with Gasteiger partial charge in [0.15, 0.2) is 0 Å². The van der Waals surface area contributed by atoms with E-state index in [2.05, 4.69) is 9.71 Å². The Morgan fingerprint density at radius 1 is 1.36 bits per heavy atom. The topological polar surface area (TPSA) is 105 Å². The number of rotatable bonds is 3. The van der Waals surface area contributed by atoms with E-state index in [9.17, 15) is 13.2 Å². The number of carbonyl (C=O) groups is 1. The second kappa shape index (κ2) is 7.72. The predicted octanol–water partition coefficient (Wildman–Crippen LogP) is 0.733. The first-order valence-corrected chi connectivity index (χ1v) is 9.57. The molecule has 9 heteroatoms. The van der Waals surface area contributed by atoms with Gasteiger partial charge in [-0.1, -0.05) is 12.1 Å². The van der Waals surface area contributed by atoms with Gasteiger partial charge in [-0.3, -0.25) is 14.5 Å². The number of benzene rings is 1. The van der Waals surface area contributed by atoms with Crippen molar-refractivity contribution >= 4 is 34.2 Å². The van der Waals surface area contributed by atoms with Crippen LogP contribution < -0.4 is 10.5 Å². The maximum atomic E-state index is 12.3. The Bertz CT molecular complexity index is 771. The summed E-state index contributed by atoms with van der Waals surface area (Å²) in [5.74, 6) is 0.604. The standard InChI is InChI=1S/C16H22N4O3S.ClH/c1-11(17)12-6-8-20(9-7-12)15(21)10-18-16-13-4-2-3-5-14(13)24(22,23)19-16;/h2-5,11-12H,6-10,17H2,1H3,(H,18,19);1H. The maximum absolute atomic E-state index is 12.3. The van der Waals surface area contributed by atoms with Crippen molar-refractivity contribution in [1.82, 2.24) is 9.62 Å². The molecule has 25 heavy (non-hydrogen) atoms. The van der Waals surface area contributed by atoms with Crippen LogP contribution in [0.4, 0.5) is 0 Å². The normalized spacial score (nSPS) is 22.0. The van der Waals surface area contributed by atoms with E-state index >= 15 is 0 Å². The molecule has 1 saturated heterocycles. The van der Waals surface area contributed by atoms with Crippen LogP contribution in [0.3, 0.4) is 0 Å². The molecule has 2 aliphatic heterocycles. The first-order valence-electron chi connectivity index (χ1n) is 8.08. The van der Waals surface area contributed by atoms with Gasteiger partial charge in [-0.2, -0.15) is 0 Å². The quantitative estimate of drug-likeness (QED) is 0.798. The van der Waals surface area contributed by atoms with Gasteiger partial charge in [0, 0.05) is 24.7 Å². The summed E-state index contributed by atoms with van der Waals surface area (Å²) in [7, 11) is -3.56. The van der Waals surface area contributed by atoms with Crippen molar-refractivity contribution in [1.29, 1.82) is 0 Å². The molecule has 138 valence electrons. The zero-order chi connectivity index (χ0) is 17.3. The lowest BCUT2D eigenvalue weighted by Crippen LogP contribution is -2.43. The number of likely N-dealkylation sites (tertiary alicyclic amines) is 1. The maximum Gasteiger partial charge on any atom is 0.263 e. The number of sulfonamides is 1. The third kappa shape index (κ3) is 4.13. The Balaban J connectivity index is 0.00000225. The Kier molecular flexibility index (Phi) is 6.08. The Morgan fingerprint density at radius 3 is 2.64 bits per heavy atom. The number of nitrogens with one attached hydrogen (secondary N) is 1. The van der Waals surface area contributed by atoms with Crippen LogP contribution in [-0.4, -0.2) is 50.7 Å². The summed E-state index contributed by atoms with van der Waals surface area (Å²) in [6, 6.07) is 6.77. The minimum atomic E-state index is -3.56. The second-order valence-corrected chi connectivity index (χ2v) is 7.99. The number of hydrogen-bond acceptors (Lipinski definition) is 5. The third-order valence-corrected chi connectivity index (χ3v) is 6.07. The highest BCUT2D eigenvalue weighted by atomic mass is 35.5. The SMILES string of the molecule is CC(N)C1CCN(C(=O)CN=C2NS(=O)(=O)c3ccccc32)CC1.Cl. The molecule has 1 aromatic carbocycles. The number of hydrogen-bond donors (Lipinski definition) is 2. The second-order valence-electron chi connectivity index (χ2n) is 6.34. The average molecular weight is 387 g/mol. The minimum Gasteiger partial charge on any atom is -0.341 e. The summed E-state index contributed by atoms with van der Waals surface area (Å²) >= 11 is 0. The molecule has 0 saturated carbocycles. The zero-order valence-electron chi connectivity index (χ0n) is 14.0. The van der Waals surface area contributed by atoms with Crippen molar-refractivity contribution in [2.75, 3.05) is 19.6 Å². The molecule has 1 aromatic rings. The monoisotopic (exact) mass is 386 g/mol. The van der Waals surface area contributed by atoms with E-state index in [4.69, 9.17) is 5.73 Å². The number of amidine groups is 1. The highest BCUT2D eigenvalue weighted by Gasteiger charge is 2.30. The van der Waals surface area contributed by atoms with Gasteiger partial charge in [0.05, 0.1) is 4.90 Å². The van der Waals surface area contributed by atoms with E-state index in [-0.39, 0.29) is 41.6 Å². The number of aliphatic imine (C=N–C) groups is 1. The van der Waals surface area contributed by atoms with Crippen LogP contribution in [0, 0.1) is 5.92 Å². The molecule has 2 heterocycles. The van der Waals surface area contributed by atoms with Gasteiger partial charge < -0.3 is 10.6 Å². The van der Waals surface area contributed by atoms with E-state index in [1.54, 1.807) is 23.1 Å². The van der Waals surface area contributed by atoms with E-state index in [1.165, 1.54) is 6.07 Å². The Labute approximate surface area is 154 Å². The third-order valence-electron chi connectivity index (χ3n) is 4.67. The molecule has 0 aromatic heterocycles. The number of nitrogens with zero attached hydrogens (tertiary/aromatic N) is 2. The lowest BCUT2D eigenvalue weighted by molar-refractivity contribution is -0.131. The zero-order valence-corrected chi connectivity index (χ0v) is 15.6. The highest BCUT2D eigenvalue weighted by Crippen LogP contribution is 2.22. The van der Waals surface area contributed by atoms with E-state index in [0.29, 0.717) is 24.6 Å². The number of piperidine rings is 1. The number of amides is 1. The van der Waals surface area contributed by atoms with Crippen LogP contribution in [0.25, 0.3) is 0 Å². The summed E-state index contributed by atoms with van der Waals surface area (Å²) in [6.07, 6.45) is 1.80. The molecule has 0 spiro atoms. The molecule has 7 nitrogen and oxygen atoms in total. The van der Waals surface area contributed by atoms with E-state index < -0.39 is 10.0 Å². The predicted molar refractivity (Wildman–Crippen MR) is 98.4 cm³/mol. The summed E-state index contributed by atoms with van der Waals surface area (Å²) in [5, 5.41) is 0. The fourth-order valence-electron chi connectivity index (χ4n) is 3.17. The first kappa shape index (κ1) is 19.7. The minimum absolute atomic E-state index is 0. The smallest absolute Gasteiger partial charge is 0.263 e. The van der Waals surface area contributed by atoms with E-state index in [1.807, 2.05) is 6.92 Å². The summed E-state index contributed by atoms with van der Waals surface area (Å²) in [6.45, 7) is 3.29. The Morgan fingerprint density at radius 2 is 2.00 bits per heavy atom. The van der Waals surface area contributed by atoms with E-state index in [0.717, 1.165) is 12.8 Å². The largest absolute Gasteiger partial charge is 0.341 e. The van der Waals surface area contributed by atoms with Crippen molar-refractivity contribution in [3.05, 3.63) is 29.8 Å². The molecule has 1 fully saturated rings. The molecule has 3 N–H and O–H groups in total. The van der Waals surface area contributed by atoms with Crippen LogP contribution >= 0.6 is 12.4 Å². The van der Waals surface area contributed by atoms with Gasteiger partial charge in [-0.05, 0) is 37.8 Å². The van der Waals surface area contributed by atoms with Gasteiger partial charge in [0.2, 0.25) is 5.91 Å². The van der Waals surface area contributed by atoms with Crippen LogP contribution in [0.15, 0.2) is 34.2 Å². The van der Waals surface area contributed by atoms with Gasteiger partial charge in [-0.15, -0.1) is 12.4 Å². The molecule has 1 unspecified atom stereocenters. The molecule has 3 rings (SSSR count). The molecular weight excluding hydrogens is 364 g/mol. The van der Waals surface area contributed by atoms with Crippen LogP contribution in [0.1, 0.15) is 25.3 Å². The van der Waals surface area contributed by atoms with Crippen molar-refractivity contribution in [3.63, 3.8) is 0 Å². The van der Waals surface area contributed by atoms with Crippen LogP contribution in [0.2, 0.25) is 0 Å². The molecule has 2 aliphatic rings. The number of fused-ring (bicyclic) bond motifs is 1. The van der Waals surface area contributed by atoms with Crippen molar-refractivity contribution in [2.45, 2.75) is 30.7 Å². The van der Waals surface area contributed by atoms with Gasteiger partial charge in [0.1, 0.15) is 12.4 Å². The van der Waals surface area contributed by atoms with Crippen molar-refractivity contribution in [2.24, 2.45) is 16.6 Å². The molecule has 0 bridgehead atoms. The first-order chi connectivity index (χ1) is 11.4. The van der Waals surface area contributed by atoms with Gasteiger partial charge >= 0.3 is 0 Å². The molecule has 0 aliphatic carbocycles. The van der Waals surface area contributed by atoms with Gasteiger partial charge in [0.25, 0.3) is 10.0 Å². The lowest BCUT2D eigenvalue weighted by Gasteiger charge is -2.33. The fourth-order valence-corrected chi connectivity index (χ4v) is 4.42. The highest BCUT2D eigenvalue weighted by molar-refractivity contribution is 7.90. The van der Waals surface area contributed by atoms with Gasteiger partial charge in [-0.25, -0.2) is 8.42 Å². The summed E-state index contributed by atoms with van der Waals surface area (Å²) in [4.78, 5) is 18.5. The molecular formula is C16H23ClN4O3S. The summed E-state index contributed by atoms with van der Waals surface area (Å²) in [5.41, 5.74) is 6.43. The lowest BCUT2D eigenvalue weighted by atomic mass is 9.91. The Hall–Kier alpha value is -1.64. The fraction of sp³-hybridized carbons (Fsp3) is 0.500. The van der Waals surface area contributed by atoms with Crippen molar-refractivity contribution in [3.8, 4) is 0 Å². The van der Waals surface area contributed by atoms with Crippen LogP contribution in [0.5, 0.6) is 0 Å². The number of carbonyl (C=O) groups excluding carboxylic acids is 1. The van der Waals surface area contributed by atoms with Crippen LogP contribution in [-0.2, 0) is 14.8 Å².